The third-order valence-electron chi connectivity index (χ3n) is 5.03. The molecule has 1 amide bonds. The number of rotatable bonds is 11. The molecule has 0 radical (unpaired) electrons. The molecule has 0 atom stereocenters. The minimum atomic E-state index is -0.0941. The third kappa shape index (κ3) is 7.81. The van der Waals surface area contributed by atoms with E-state index in [2.05, 4.69) is 43.5 Å². The van der Waals surface area contributed by atoms with E-state index in [9.17, 15) is 9.59 Å². The number of hydrogen-bond donors (Lipinski definition) is 3. The summed E-state index contributed by atoms with van der Waals surface area (Å²) in [6, 6.07) is 11.6. The van der Waals surface area contributed by atoms with Crippen LogP contribution in [0.4, 0.5) is 11.4 Å². The zero-order valence-electron chi connectivity index (χ0n) is 19.1. The molecule has 0 fully saturated rings. The molecular formula is C25H35N3O3. The van der Waals surface area contributed by atoms with E-state index in [1.54, 1.807) is 6.07 Å². The van der Waals surface area contributed by atoms with Gasteiger partial charge in [0.1, 0.15) is 13.0 Å². The van der Waals surface area contributed by atoms with Crippen molar-refractivity contribution < 1.29 is 14.3 Å². The van der Waals surface area contributed by atoms with Gasteiger partial charge in [-0.3, -0.25) is 9.59 Å². The topological polar surface area (TPSA) is 93.5 Å². The molecule has 0 spiro atoms. The Kier molecular flexibility index (Phi) is 9.21. The van der Waals surface area contributed by atoms with Gasteiger partial charge >= 0.3 is 0 Å². The van der Waals surface area contributed by atoms with Crippen molar-refractivity contribution in [2.45, 2.75) is 59.0 Å². The van der Waals surface area contributed by atoms with Crippen LogP contribution in [0.15, 0.2) is 36.4 Å². The monoisotopic (exact) mass is 425 g/mol. The van der Waals surface area contributed by atoms with Crippen LogP contribution in [-0.2, 0) is 28.0 Å². The lowest BCUT2D eigenvalue weighted by atomic mass is 9.85. The molecule has 0 bridgehead atoms. The van der Waals surface area contributed by atoms with Gasteiger partial charge in [-0.15, -0.1) is 0 Å². The predicted octanol–water partition coefficient (Wildman–Crippen LogP) is 4.62. The maximum absolute atomic E-state index is 11.8. The first kappa shape index (κ1) is 24.6. The summed E-state index contributed by atoms with van der Waals surface area (Å²) in [5.74, 6) is -0.0941. The summed E-state index contributed by atoms with van der Waals surface area (Å²) in [4.78, 5) is 22.8. The van der Waals surface area contributed by atoms with Gasteiger partial charge < -0.3 is 21.1 Å². The van der Waals surface area contributed by atoms with Gasteiger partial charge in [0.05, 0.1) is 6.61 Å². The highest BCUT2D eigenvalue weighted by Crippen LogP contribution is 2.34. The second-order valence-electron chi connectivity index (χ2n) is 8.76. The zero-order valence-corrected chi connectivity index (χ0v) is 19.1. The Morgan fingerprint density at radius 2 is 1.87 bits per heavy atom. The number of carbonyl (C=O) groups excluding carboxylic acids is 2. The van der Waals surface area contributed by atoms with Gasteiger partial charge in [0.15, 0.2) is 0 Å². The molecule has 31 heavy (non-hydrogen) atoms. The van der Waals surface area contributed by atoms with E-state index in [4.69, 9.17) is 10.5 Å². The fourth-order valence-corrected chi connectivity index (χ4v) is 3.33. The minimum Gasteiger partial charge on any atom is -0.362 e. The Bertz CT molecular complexity index is 888. The number of benzene rings is 2. The van der Waals surface area contributed by atoms with Gasteiger partial charge in [0.2, 0.25) is 5.91 Å². The van der Waals surface area contributed by atoms with Crippen molar-refractivity contribution in [2.24, 2.45) is 5.73 Å². The first-order valence-electron chi connectivity index (χ1n) is 10.8. The Morgan fingerprint density at radius 3 is 2.52 bits per heavy atom. The van der Waals surface area contributed by atoms with Gasteiger partial charge in [-0.1, -0.05) is 39.0 Å². The average molecular weight is 426 g/mol. The Morgan fingerprint density at radius 1 is 1.13 bits per heavy atom. The van der Waals surface area contributed by atoms with Crippen LogP contribution in [0.5, 0.6) is 0 Å². The molecule has 0 aliphatic rings. The van der Waals surface area contributed by atoms with E-state index < -0.39 is 0 Å². The molecule has 0 unspecified atom stereocenters. The Balaban J connectivity index is 2.22. The maximum atomic E-state index is 11.8. The number of amides is 1. The van der Waals surface area contributed by atoms with Crippen molar-refractivity contribution in [3.8, 4) is 0 Å². The molecule has 168 valence electrons. The number of nitrogens with two attached hydrogens (primary N) is 1. The van der Waals surface area contributed by atoms with Crippen LogP contribution in [0.25, 0.3) is 0 Å². The number of ether oxygens (including phenoxy) is 1. The predicted molar refractivity (Wildman–Crippen MR) is 127 cm³/mol. The van der Waals surface area contributed by atoms with E-state index in [1.807, 2.05) is 18.2 Å². The molecule has 6 heteroatoms. The van der Waals surface area contributed by atoms with Crippen molar-refractivity contribution in [3.05, 3.63) is 58.7 Å². The lowest BCUT2D eigenvalue weighted by Gasteiger charge is -2.25. The lowest BCUT2D eigenvalue weighted by Crippen LogP contribution is -2.17. The molecule has 0 heterocycles. The van der Waals surface area contributed by atoms with Crippen molar-refractivity contribution in [2.75, 3.05) is 23.9 Å². The van der Waals surface area contributed by atoms with Crippen LogP contribution in [0.3, 0.4) is 0 Å². The van der Waals surface area contributed by atoms with Crippen molar-refractivity contribution >= 4 is 23.6 Å². The Hall–Kier alpha value is -2.70. The fourth-order valence-electron chi connectivity index (χ4n) is 3.33. The number of hydrogen-bond acceptors (Lipinski definition) is 5. The van der Waals surface area contributed by atoms with Gasteiger partial charge in [-0.25, -0.2) is 0 Å². The van der Waals surface area contributed by atoms with Gasteiger partial charge in [0.25, 0.3) is 0 Å². The molecular weight excluding hydrogens is 390 g/mol. The molecule has 2 rings (SSSR count). The van der Waals surface area contributed by atoms with E-state index in [1.165, 1.54) is 6.92 Å². The molecule has 2 aromatic rings. The van der Waals surface area contributed by atoms with E-state index in [-0.39, 0.29) is 11.3 Å². The summed E-state index contributed by atoms with van der Waals surface area (Å²) in [6.45, 7) is 9.31. The van der Waals surface area contributed by atoms with Gasteiger partial charge in [-0.2, -0.15) is 0 Å². The number of anilines is 2. The smallest absolute Gasteiger partial charge is 0.221 e. The van der Waals surface area contributed by atoms with Crippen LogP contribution in [0.1, 0.15) is 67.6 Å². The number of carbonyl (C=O) groups is 2. The van der Waals surface area contributed by atoms with Crippen LogP contribution in [0, 0.1) is 0 Å². The van der Waals surface area contributed by atoms with E-state index in [0.717, 1.165) is 53.6 Å². The molecule has 0 aliphatic heterocycles. The maximum Gasteiger partial charge on any atom is 0.221 e. The number of nitrogens with one attached hydrogen (secondary N) is 2. The van der Waals surface area contributed by atoms with Crippen LogP contribution < -0.4 is 16.4 Å². The molecule has 0 aliphatic carbocycles. The highest BCUT2D eigenvalue weighted by Gasteiger charge is 2.19. The summed E-state index contributed by atoms with van der Waals surface area (Å²) < 4.78 is 5.82. The van der Waals surface area contributed by atoms with Crippen LogP contribution in [-0.4, -0.2) is 25.5 Å². The largest absolute Gasteiger partial charge is 0.362 e. The molecule has 2 aromatic carbocycles. The standard InChI is InChI=1S/C25H35N3O3/c1-18(30)28-24-14-21(25(2,3)4)13-23(22(24)10-5-6-11-26)27-17-31-16-20-9-7-8-19(12-20)15-29/h7-9,12-15,27H,5-6,10-11,16-17,26H2,1-4H3,(H,28,30). The second-order valence-corrected chi connectivity index (χ2v) is 8.76. The first-order chi connectivity index (χ1) is 14.7. The second kappa shape index (κ2) is 11.6. The van der Waals surface area contributed by atoms with Crippen molar-refractivity contribution in [3.63, 3.8) is 0 Å². The quantitative estimate of drug-likeness (QED) is 0.277. The summed E-state index contributed by atoms with van der Waals surface area (Å²) in [5, 5.41) is 6.39. The first-order valence-corrected chi connectivity index (χ1v) is 10.8. The van der Waals surface area contributed by atoms with Gasteiger partial charge in [0, 0.05) is 23.9 Å². The van der Waals surface area contributed by atoms with Crippen molar-refractivity contribution in [1.82, 2.24) is 0 Å². The summed E-state index contributed by atoms with van der Waals surface area (Å²) >= 11 is 0. The van der Waals surface area contributed by atoms with Crippen molar-refractivity contribution in [1.29, 1.82) is 0 Å². The van der Waals surface area contributed by atoms with Crippen LogP contribution in [0.2, 0.25) is 0 Å². The molecule has 0 aromatic heterocycles. The molecule has 0 saturated heterocycles. The van der Waals surface area contributed by atoms with Crippen LogP contribution >= 0.6 is 0 Å². The highest BCUT2D eigenvalue weighted by atomic mass is 16.5. The average Bonchev–Trinajstić information content (AvgIpc) is 2.71. The molecule has 4 N–H and O–H groups in total. The highest BCUT2D eigenvalue weighted by molar-refractivity contribution is 5.91. The molecule has 0 saturated carbocycles. The molecule has 6 nitrogen and oxygen atoms in total. The zero-order chi connectivity index (χ0) is 22.9. The third-order valence-corrected chi connectivity index (χ3v) is 5.03. The lowest BCUT2D eigenvalue weighted by molar-refractivity contribution is -0.114. The number of unbranched alkanes of at least 4 members (excludes halogenated alkanes) is 1. The summed E-state index contributed by atoms with van der Waals surface area (Å²) in [5.41, 5.74) is 11.1. The minimum absolute atomic E-state index is 0.0738. The normalized spacial score (nSPS) is 11.3. The van der Waals surface area contributed by atoms with E-state index in [0.29, 0.717) is 25.4 Å². The summed E-state index contributed by atoms with van der Waals surface area (Å²) in [6.07, 6.45) is 3.49. The SMILES string of the molecule is CC(=O)Nc1cc(C(C)(C)C)cc(NCOCc2cccc(C=O)c2)c1CCCCN. The number of aldehydes is 1. The van der Waals surface area contributed by atoms with E-state index >= 15 is 0 Å². The fraction of sp³-hybridized carbons (Fsp3) is 0.440. The Labute approximate surface area is 185 Å². The summed E-state index contributed by atoms with van der Waals surface area (Å²) in [7, 11) is 0. The van der Waals surface area contributed by atoms with Gasteiger partial charge in [-0.05, 0) is 66.1 Å².